The van der Waals surface area contributed by atoms with Crippen molar-refractivity contribution in [2.75, 3.05) is 6.61 Å². The monoisotopic (exact) mass is 377 g/mol. The molecule has 4 nitrogen and oxygen atoms in total. The Hall–Kier alpha value is -1.33. The number of halogens is 4. The molecule has 2 aromatic rings. The number of Topliss-reactive ketones (excluding diaryl/α,β-unsaturated/α-hetero) is 1. The van der Waals surface area contributed by atoms with Crippen LogP contribution in [0.5, 0.6) is 0 Å². The summed E-state index contributed by atoms with van der Waals surface area (Å²) in [6, 6.07) is 8.39. The summed E-state index contributed by atoms with van der Waals surface area (Å²) in [4.78, 5) is 27.5. The van der Waals surface area contributed by atoms with Gasteiger partial charge in [-0.15, -0.1) is 0 Å². The van der Waals surface area contributed by atoms with Crippen molar-refractivity contribution in [3.8, 4) is 0 Å². The predicted molar refractivity (Wildman–Crippen MR) is 85.3 cm³/mol. The Kier molecular flexibility index (Phi) is 5.64. The standard InChI is InChI=1S/C14H7Cl4NO3/c15-9-10(16)12(19-13(18)11(9)17)14(21)22-6-8(20)7-4-2-1-3-5-7/h1-5H,6H2. The molecule has 1 heterocycles. The molecule has 0 fully saturated rings. The molecule has 0 unspecified atom stereocenters. The summed E-state index contributed by atoms with van der Waals surface area (Å²) in [5.41, 5.74) is 0.114. The van der Waals surface area contributed by atoms with Gasteiger partial charge in [-0.05, 0) is 0 Å². The summed E-state index contributed by atoms with van der Waals surface area (Å²) in [6.45, 7) is -0.460. The van der Waals surface area contributed by atoms with Gasteiger partial charge in [-0.25, -0.2) is 9.78 Å². The van der Waals surface area contributed by atoms with Gasteiger partial charge in [0.05, 0.1) is 15.1 Å². The average molecular weight is 379 g/mol. The van der Waals surface area contributed by atoms with E-state index in [0.29, 0.717) is 5.56 Å². The van der Waals surface area contributed by atoms with E-state index in [9.17, 15) is 9.59 Å². The molecule has 0 saturated carbocycles. The second-order valence-corrected chi connectivity index (χ2v) is 5.55. The van der Waals surface area contributed by atoms with E-state index < -0.39 is 12.6 Å². The molecule has 0 amide bonds. The van der Waals surface area contributed by atoms with Gasteiger partial charge in [0.1, 0.15) is 5.15 Å². The zero-order valence-corrected chi connectivity index (χ0v) is 13.8. The quantitative estimate of drug-likeness (QED) is 0.438. The number of aromatic nitrogens is 1. The number of carbonyl (C=O) groups is 2. The molecule has 0 saturated heterocycles. The number of benzene rings is 1. The lowest BCUT2D eigenvalue weighted by molar-refractivity contribution is 0.0469. The lowest BCUT2D eigenvalue weighted by Gasteiger charge is -2.08. The molecule has 0 atom stereocenters. The molecule has 0 radical (unpaired) electrons. The van der Waals surface area contributed by atoms with Gasteiger partial charge < -0.3 is 4.74 Å². The van der Waals surface area contributed by atoms with Gasteiger partial charge in [0.15, 0.2) is 18.1 Å². The van der Waals surface area contributed by atoms with Gasteiger partial charge in [0, 0.05) is 5.56 Å². The van der Waals surface area contributed by atoms with E-state index in [4.69, 9.17) is 51.1 Å². The Bertz CT molecular complexity index is 735. The van der Waals surface area contributed by atoms with Crippen LogP contribution in [0.25, 0.3) is 0 Å². The highest BCUT2D eigenvalue weighted by molar-refractivity contribution is 6.52. The second-order valence-electron chi connectivity index (χ2n) is 4.06. The van der Waals surface area contributed by atoms with Gasteiger partial charge >= 0.3 is 5.97 Å². The number of pyridine rings is 1. The third-order valence-corrected chi connectivity index (χ3v) is 4.29. The van der Waals surface area contributed by atoms with Crippen molar-refractivity contribution >= 4 is 58.2 Å². The van der Waals surface area contributed by atoms with Crippen LogP contribution in [0.15, 0.2) is 30.3 Å². The number of ether oxygens (including phenoxy) is 1. The van der Waals surface area contributed by atoms with Crippen LogP contribution < -0.4 is 0 Å². The van der Waals surface area contributed by atoms with Crippen molar-refractivity contribution in [2.45, 2.75) is 0 Å². The van der Waals surface area contributed by atoms with Gasteiger partial charge in [-0.1, -0.05) is 76.7 Å². The van der Waals surface area contributed by atoms with Crippen LogP contribution in [-0.2, 0) is 4.74 Å². The first kappa shape index (κ1) is 17.0. The zero-order valence-electron chi connectivity index (χ0n) is 10.8. The topological polar surface area (TPSA) is 56.3 Å². The molecule has 1 aromatic carbocycles. The molecular formula is C14H7Cl4NO3. The van der Waals surface area contributed by atoms with E-state index in [2.05, 4.69) is 4.98 Å². The molecule has 114 valence electrons. The highest BCUT2D eigenvalue weighted by Crippen LogP contribution is 2.36. The number of rotatable bonds is 4. The Morgan fingerprint density at radius 2 is 1.59 bits per heavy atom. The minimum Gasteiger partial charge on any atom is -0.453 e. The predicted octanol–water partition coefficient (Wildman–Crippen LogP) is 4.73. The fourth-order valence-corrected chi connectivity index (χ4v) is 2.33. The fraction of sp³-hybridized carbons (Fsp3) is 0.0714. The smallest absolute Gasteiger partial charge is 0.359 e. The maximum Gasteiger partial charge on any atom is 0.359 e. The minimum atomic E-state index is -0.922. The number of hydrogen-bond donors (Lipinski definition) is 0. The summed E-state index contributed by atoms with van der Waals surface area (Å²) >= 11 is 23.2. The number of ketones is 1. The normalized spacial score (nSPS) is 10.4. The Morgan fingerprint density at radius 3 is 2.23 bits per heavy atom. The Morgan fingerprint density at radius 1 is 0.955 bits per heavy atom. The van der Waals surface area contributed by atoms with Gasteiger partial charge in [0.25, 0.3) is 0 Å². The van der Waals surface area contributed by atoms with Gasteiger partial charge in [-0.3, -0.25) is 4.79 Å². The van der Waals surface area contributed by atoms with Crippen LogP contribution in [0.1, 0.15) is 20.8 Å². The Balaban J connectivity index is 2.12. The summed E-state index contributed by atoms with van der Waals surface area (Å²) < 4.78 is 4.88. The van der Waals surface area contributed by atoms with Gasteiger partial charge in [-0.2, -0.15) is 0 Å². The Labute approximate surface area is 145 Å². The average Bonchev–Trinajstić information content (AvgIpc) is 2.54. The van der Waals surface area contributed by atoms with Crippen LogP contribution in [-0.4, -0.2) is 23.3 Å². The first-order valence-corrected chi connectivity index (χ1v) is 7.38. The first-order chi connectivity index (χ1) is 10.4. The minimum absolute atomic E-state index is 0.0646. The number of hydrogen-bond acceptors (Lipinski definition) is 4. The molecular weight excluding hydrogens is 372 g/mol. The summed E-state index contributed by atoms with van der Waals surface area (Å²) in [6.07, 6.45) is 0. The van der Waals surface area contributed by atoms with E-state index in [1.807, 2.05) is 0 Å². The highest BCUT2D eigenvalue weighted by atomic mass is 35.5. The van der Waals surface area contributed by atoms with Crippen LogP contribution in [0, 0.1) is 0 Å². The molecule has 0 aliphatic heterocycles. The van der Waals surface area contributed by atoms with E-state index in [1.54, 1.807) is 30.3 Å². The summed E-state index contributed by atoms with van der Waals surface area (Å²) in [5.74, 6) is -1.29. The van der Waals surface area contributed by atoms with Crippen molar-refractivity contribution in [1.29, 1.82) is 0 Å². The highest BCUT2D eigenvalue weighted by Gasteiger charge is 2.22. The zero-order chi connectivity index (χ0) is 16.3. The third kappa shape index (κ3) is 3.70. The molecule has 0 bridgehead atoms. The molecule has 1 aromatic heterocycles. The van der Waals surface area contributed by atoms with Crippen molar-refractivity contribution in [3.63, 3.8) is 0 Å². The van der Waals surface area contributed by atoms with Crippen molar-refractivity contribution in [3.05, 3.63) is 61.8 Å². The number of carbonyl (C=O) groups excluding carboxylic acids is 2. The lowest BCUT2D eigenvalue weighted by Crippen LogP contribution is -2.16. The summed E-state index contributed by atoms with van der Waals surface area (Å²) in [5, 5.41) is -0.541. The molecule has 2 rings (SSSR count). The van der Waals surface area contributed by atoms with Crippen LogP contribution in [0.4, 0.5) is 0 Å². The van der Waals surface area contributed by atoms with Gasteiger partial charge in [0.2, 0.25) is 0 Å². The number of nitrogens with zero attached hydrogens (tertiary/aromatic N) is 1. The van der Waals surface area contributed by atoms with Crippen molar-refractivity contribution in [2.24, 2.45) is 0 Å². The maximum absolute atomic E-state index is 11.9. The first-order valence-electron chi connectivity index (χ1n) is 5.87. The second kappa shape index (κ2) is 7.29. The van der Waals surface area contributed by atoms with Crippen LogP contribution >= 0.6 is 46.4 Å². The fourth-order valence-electron chi connectivity index (χ4n) is 1.53. The molecule has 0 aliphatic rings. The van der Waals surface area contributed by atoms with E-state index in [0.717, 1.165) is 0 Å². The molecule has 0 N–H and O–H groups in total. The molecule has 22 heavy (non-hydrogen) atoms. The summed E-state index contributed by atoms with van der Waals surface area (Å²) in [7, 11) is 0. The maximum atomic E-state index is 11.9. The van der Waals surface area contributed by atoms with E-state index >= 15 is 0 Å². The van der Waals surface area contributed by atoms with Crippen LogP contribution in [0.3, 0.4) is 0 Å². The molecule has 8 heteroatoms. The van der Waals surface area contributed by atoms with E-state index in [1.165, 1.54) is 0 Å². The van der Waals surface area contributed by atoms with Crippen molar-refractivity contribution < 1.29 is 14.3 Å². The lowest BCUT2D eigenvalue weighted by atomic mass is 10.1. The van der Waals surface area contributed by atoms with E-state index in [-0.39, 0.29) is 31.7 Å². The molecule has 0 spiro atoms. The van der Waals surface area contributed by atoms with Crippen LogP contribution in [0.2, 0.25) is 20.2 Å². The largest absolute Gasteiger partial charge is 0.453 e. The molecule has 0 aliphatic carbocycles. The SMILES string of the molecule is O=C(COC(=O)c1nc(Cl)c(Cl)c(Cl)c1Cl)c1ccccc1. The third-order valence-electron chi connectivity index (χ3n) is 2.61. The number of esters is 1. The van der Waals surface area contributed by atoms with Crippen molar-refractivity contribution in [1.82, 2.24) is 4.98 Å².